The fourth-order valence-corrected chi connectivity index (χ4v) is 3.12. The molecule has 0 heterocycles. The van der Waals surface area contributed by atoms with Crippen molar-refractivity contribution in [2.75, 3.05) is 6.54 Å². The predicted molar refractivity (Wildman–Crippen MR) is 117 cm³/mol. The molecule has 10 heteroatoms. The molecule has 1 rings (SSSR count). The van der Waals surface area contributed by atoms with Crippen molar-refractivity contribution in [3.05, 3.63) is 44.0 Å². The molecular weight excluding hydrogens is 404 g/mol. The SMILES string of the molecule is CCCCCCCCNC(=O)C(CC(C)C)NC(=O)c1cc([N+](=O)[O-])cc([N+](=O)[O-])c1. The fourth-order valence-electron chi connectivity index (χ4n) is 3.12. The van der Waals surface area contributed by atoms with Crippen LogP contribution in [0.15, 0.2) is 18.2 Å². The number of rotatable bonds is 14. The average Bonchev–Trinajstić information content (AvgIpc) is 2.71. The maximum absolute atomic E-state index is 12.6. The van der Waals surface area contributed by atoms with Gasteiger partial charge in [-0.25, -0.2) is 0 Å². The predicted octanol–water partition coefficient (Wildman–Crippen LogP) is 4.12. The van der Waals surface area contributed by atoms with Gasteiger partial charge in [0.2, 0.25) is 5.91 Å². The van der Waals surface area contributed by atoms with Gasteiger partial charge in [0, 0.05) is 18.7 Å². The third kappa shape index (κ3) is 9.54. The third-order valence-electron chi connectivity index (χ3n) is 4.74. The summed E-state index contributed by atoms with van der Waals surface area (Å²) in [6, 6.07) is 1.87. The number of nitro benzene ring substituents is 2. The number of non-ortho nitro benzene ring substituents is 2. The van der Waals surface area contributed by atoms with Gasteiger partial charge in [-0.3, -0.25) is 29.8 Å². The van der Waals surface area contributed by atoms with Gasteiger partial charge in [0.25, 0.3) is 17.3 Å². The first-order valence-corrected chi connectivity index (χ1v) is 10.7. The Bertz CT molecular complexity index is 749. The summed E-state index contributed by atoms with van der Waals surface area (Å²) >= 11 is 0. The molecule has 1 atom stereocenters. The number of nitrogens with zero attached hydrogens (tertiary/aromatic N) is 2. The molecule has 31 heavy (non-hydrogen) atoms. The van der Waals surface area contributed by atoms with E-state index in [0.29, 0.717) is 13.0 Å². The molecule has 0 spiro atoms. The summed E-state index contributed by atoms with van der Waals surface area (Å²) in [6.07, 6.45) is 6.87. The Morgan fingerprint density at radius 1 is 0.935 bits per heavy atom. The van der Waals surface area contributed by atoms with Crippen molar-refractivity contribution in [2.45, 2.75) is 71.8 Å². The van der Waals surface area contributed by atoms with Crippen LogP contribution in [-0.2, 0) is 4.79 Å². The number of carbonyl (C=O) groups excluding carboxylic acids is 2. The first-order valence-electron chi connectivity index (χ1n) is 10.7. The second kappa shape index (κ2) is 13.3. The zero-order chi connectivity index (χ0) is 23.4. The van der Waals surface area contributed by atoms with E-state index < -0.39 is 33.2 Å². The molecule has 1 unspecified atom stereocenters. The highest BCUT2D eigenvalue weighted by molar-refractivity contribution is 5.98. The number of hydrogen-bond donors (Lipinski definition) is 2. The normalized spacial score (nSPS) is 11.7. The summed E-state index contributed by atoms with van der Waals surface area (Å²) < 4.78 is 0. The van der Waals surface area contributed by atoms with Crippen LogP contribution < -0.4 is 10.6 Å². The molecule has 0 aliphatic carbocycles. The molecule has 0 aromatic heterocycles. The van der Waals surface area contributed by atoms with Crippen LogP contribution >= 0.6 is 0 Å². The monoisotopic (exact) mass is 436 g/mol. The van der Waals surface area contributed by atoms with Crippen molar-refractivity contribution in [1.82, 2.24) is 10.6 Å². The number of nitrogens with one attached hydrogen (secondary N) is 2. The second-order valence-corrected chi connectivity index (χ2v) is 7.97. The van der Waals surface area contributed by atoms with Gasteiger partial charge in [-0.1, -0.05) is 52.9 Å². The van der Waals surface area contributed by atoms with Gasteiger partial charge >= 0.3 is 0 Å². The Kier molecular flexibility index (Phi) is 11.2. The van der Waals surface area contributed by atoms with Crippen molar-refractivity contribution >= 4 is 23.2 Å². The van der Waals surface area contributed by atoms with E-state index in [4.69, 9.17) is 0 Å². The minimum atomic E-state index is -0.842. The van der Waals surface area contributed by atoms with Crippen molar-refractivity contribution in [3.63, 3.8) is 0 Å². The van der Waals surface area contributed by atoms with E-state index in [-0.39, 0.29) is 17.4 Å². The summed E-state index contributed by atoms with van der Waals surface area (Å²) in [5, 5.41) is 27.5. The summed E-state index contributed by atoms with van der Waals surface area (Å²) in [5.41, 5.74) is -1.36. The highest BCUT2D eigenvalue weighted by atomic mass is 16.6. The Hall–Kier alpha value is -3.04. The van der Waals surface area contributed by atoms with Crippen LogP contribution in [0.3, 0.4) is 0 Å². The molecule has 0 bridgehead atoms. The van der Waals surface area contributed by atoms with Crippen LogP contribution in [0.1, 0.15) is 76.1 Å². The molecule has 0 aliphatic heterocycles. The Labute approximate surface area is 182 Å². The van der Waals surface area contributed by atoms with E-state index in [9.17, 15) is 29.8 Å². The number of nitro groups is 2. The molecule has 0 saturated heterocycles. The molecular formula is C21H32N4O6. The Morgan fingerprint density at radius 3 is 2.00 bits per heavy atom. The standard InChI is InChI=1S/C21H32N4O6/c1-4-5-6-7-8-9-10-22-21(27)19(11-15(2)3)23-20(26)16-12-17(24(28)29)14-18(13-16)25(30)31/h12-15,19H,4-11H2,1-3H3,(H,22,27)(H,23,26). The summed E-state index contributed by atoms with van der Waals surface area (Å²) in [6.45, 7) is 6.45. The van der Waals surface area contributed by atoms with Crippen molar-refractivity contribution < 1.29 is 19.4 Å². The maximum atomic E-state index is 12.6. The largest absolute Gasteiger partial charge is 0.354 e. The fraction of sp³-hybridized carbons (Fsp3) is 0.619. The molecule has 1 aromatic rings. The lowest BCUT2D eigenvalue weighted by molar-refractivity contribution is -0.394. The topological polar surface area (TPSA) is 144 Å². The highest BCUT2D eigenvalue weighted by Crippen LogP contribution is 2.23. The van der Waals surface area contributed by atoms with Crippen molar-refractivity contribution in [1.29, 1.82) is 0 Å². The lowest BCUT2D eigenvalue weighted by atomic mass is 10.0. The van der Waals surface area contributed by atoms with Gasteiger partial charge in [0.1, 0.15) is 6.04 Å². The van der Waals surface area contributed by atoms with Crippen LogP contribution in [-0.4, -0.2) is 34.2 Å². The first kappa shape index (κ1) is 26.0. The van der Waals surface area contributed by atoms with Crippen LogP contribution in [0, 0.1) is 26.1 Å². The lowest BCUT2D eigenvalue weighted by Gasteiger charge is -2.20. The van der Waals surface area contributed by atoms with E-state index in [1.165, 1.54) is 19.3 Å². The molecule has 1 aromatic carbocycles. The maximum Gasteiger partial charge on any atom is 0.277 e. The van der Waals surface area contributed by atoms with Gasteiger partial charge in [0.05, 0.1) is 21.5 Å². The zero-order valence-electron chi connectivity index (χ0n) is 18.4. The molecule has 0 saturated carbocycles. The second-order valence-electron chi connectivity index (χ2n) is 7.97. The molecule has 0 radical (unpaired) electrons. The smallest absolute Gasteiger partial charge is 0.277 e. The molecule has 0 aliphatic rings. The zero-order valence-corrected chi connectivity index (χ0v) is 18.4. The quantitative estimate of drug-likeness (QED) is 0.255. The minimum absolute atomic E-state index is 0.101. The number of unbranched alkanes of at least 4 members (excludes halogenated alkanes) is 5. The molecule has 2 N–H and O–H groups in total. The van der Waals surface area contributed by atoms with E-state index in [0.717, 1.165) is 37.5 Å². The van der Waals surface area contributed by atoms with Gasteiger partial charge in [-0.05, 0) is 18.8 Å². The van der Waals surface area contributed by atoms with Crippen LogP contribution in [0.2, 0.25) is 0 Å². The van der Waals surface area contributed by atoms with Gasteiger partial charge in [-0.15, -0.1) is 0 Å². The molecule has 172 valence electrons. The average molecular weight is 437 g/mol. The van der Waals surface area contributed by atoms with Gasteiger partial charge in [-0.2, -0.15) is 0 Å². The van der Waals surface area contributed by atoms with Crippen molar-refractivity contribution in [2.24, 2.45) is 5.92 Å². The number of carbonyl (C=O) groups is 2. The summed E-state index contributed by atoms with van der Waals surface area (Å²) in [7, 11) is 0. The first-order chi connectivity index (χ1) is 14.6. The van der Waals surface area contributed by atoms with E-state index in [1.807, 2.05) is 13.8 Å². The van der Waals surface area contributed by atoms with Gasteiger partial charge < -0.3 is 10.6 Å². The number of benzene rings is 1. The van der Waals surface area contributed by atoms with Crippen LogP contribution in [0.5, 0.6) is 0 Å². The molecule has 10 nitrogen and oxygen atoms in total. The van der Waals surface area contributed by atoms with E-state index in [1.54, 1.807) is 0 Å². The third-order valence-corrected chi connectivity index (χ3v) is 4.74. The van der Waals surface area contributed by atoms with Crippen LogP contribution in [0.4, 0.5) is 11.4 Å². The number of amides is 2. The Balaban J connectivity index is 2.80. The lowest BCUT2D eigenvalue weighted by Crippen LogP contribution is -2.47. The summed E-state index contributed by atoms with van der Waals surface area (Å²) in [4.78, 5) is 45.7. The van der Waals surface area contributed by atoms with Gasteiger partial charge in [0.15, 0.2) is 0 Å². The molecule has 2 amide bonds. The highest BCUT2D eigenvalue weighted by Gasteiger charge is 2.25. The minimum Gasteiger partial charge on any atom is -0.354 e. The van der Waals surface area contributed by atoms with Crippen molar-refractivity contribution in [3.8, 4) is 0 Å². The van der Waals surface area contributed by atoms with E-state index >= 15 is 0 Å². The summed E-state index contributed by atoms with van der Waals surface area (Å²) in [5.74, 6) is -1.01. The van der Waals surface area contributed by atoms with Crippen LogP contribution in [0.25, 0.3) is 0 Å². The number of hydrogen-bond acceptors (Lipinski definition) is 6. The van der Waals surface area contributed by atoms with E-state index in [2.05, 4.69) is 17.6 Å². The molecule has 0 fully saturated rings. The Morgan fingerprint density at radius 2 is 1.48 bits per heavy atom.